The van der Waals surface area contributed by atoms with E-state index in [4.69, 9.17) is 4.42 Å². The number of pyridine rings is 1. The molecule has 114 valence electrons. The molecule has 4 aromatic rings. The van der Waals surface area contributed by atoms with Gasteiger partial charge in [0, 0.05) is 11.8 Å². The smallest absolute Gasteiger partial charge is 0.246 e. The van der Waals surface area contributed by atoms with Crippen molar-refractivity contribution in [2.75, 3.05) is 0 Å². The predicted octanol–water partition coefficient (Wildman–Crippen LogP) is 3.40. The molecule has 3 aromatic heterocycles. The molecule has 0 saturated heterocycles. The molecule has 23 heavy (non-hydrogen) atoms. The van der Waals surface area contributed by atoms with E-state index >= 15 is 0 Å². The number of fused-ring (bicyclic) bond motifs is 1. The number of benzene rings is 1. The molecule has 1 aromatic carbocycles. The van der Waals surface area contributed by atoms with Gasteiger partial charge < -0.3 is 4.42 Å². The van der Waals surface area contributed by atoms with Crippen LogP contribution in [0.4, 0.5) is 0 Å². The molecule has 0 amide bonds. The maximum absolute atomic E-state index is 5.19. The maximum atomic E-state index is 5.19. The van der Waals surface area contributed by atoms with Crippen LogP contribution in [-0.4, -0.2) is 24.7 Å². The monoisotopic (exact) mass is 305 g/mol. The highest BCUT2D eigenvalue weighted by molar-refractivity contribution is 5.74. The van der Waals surface area contributed by atoms with Crippen molar-refractivity contribution in [1.82, 2.24) is 24.7 Å². The molecule has 3 heterocycles. The Morgan fingerprint density at radius 3 is 2.57 bits per heavy atom. The Labute approximate surface area is 132 Å². The van der Waals surface area contributed by atoms with Gasteiger partial charge in [-0.05, 0) is 38.0 Å². The summed E-state index contributed by atoms with van der Waals surface area (Å²) in [7, 11) is 0. The van der Waals surface area contributed by atoms with E-state index in [0.717, 1.165) is 17.1 Å². The van der Waals surface area contributed by atoms with Crippen molar-refractivity contribution >= 4 is 11.2 Å². The molecule has 0 unspecified atom stereocenters. The third-order valence-corrected chi connectivity index (χ3v) is 3.87. The largest absolute Gasteiger partial charge is 0.425 e. The fourth-order valence-corrected chi connectivity index (χ4v) is 3.03. The number of aryl methyl sites for hydroxylation is 3. The van der Waals surface area contributed by atoms with Crippen LogP contribution < -0.4 is 0 Å². The summed E-state index contributed by atoms with van der Waals surface area (Å²) in [5.41, 5.74) is 6.76. The first kappa shape index (κ1) is 13.6. The quantitative estimate of drug-likeness (QED) is 0.567. The van der Waals surface area contributed by atoms with Crippen LogP contribution in [0.1, 0.15) is 16.7 Å². The lowest BCUT2D eigenvalue weighted by Gasteiger charge is -2.14. The Kier molecular flexibility index (Phi) is 2.97. The number of oxazole rings is 1. The fourth-order valence-electron chi connectivity index (χ4n) is 3.03. The van der Waals surface area contributed by atoms with Crippen LogP contribution >= 0.6 is 0 Å². The first-order valence-corrected chi connectivity index (χ1v) is 7.31. The van der Waals surface area contributed by atoms with Crippen LogP contribution in [0.3, 0.4) is 0 Å². The molecule has 0 aliphatic carbocycles. The second-order valence-electron chi connectivity index (χ2n) is 5.67. The van der Waals surface area contributed by atoms with E-state index in [0.29, 0.717) is 11.2 Å². The van der Waals surface area contributed by atoms with E-state index < -0.39 is 0 Å². The predicted molar refractivity (Wildman–Crippen MR) is 86.4 cm³/mol. The van der Waals surface area contributed by atoms with Gasteiger partial charge in [-0.25, -0.2) is 9.97 Å². The first-order chi connectivity index (χ1) is 11.1. The van der Waals surface area contributed by atoms with E-state index in [1.54, 1.807) is 12.5 Å². The third kappa shape index (κ3) is 2.19. The second kappa shape index (κ2) is 5.01. The lowest BCUT2D eigenvalue weighted by Crippen LogP contribution is -2.02. The third-order valence-electron chi connectivity index (χ3n) is 3.87. The van der Waals surface area contributed by atoms with E-state index in [1.165, 1.54) is 23.1 Å². The van der Waals surface area contributed by atoms with Gasteiger partial charge >= 0.3 is 0 Å². The Balaban J connectivity index is 1.92. The zero-order chi connectivity index (χ0) is 16.0. The molecular weight excluding hydrogens is 290 g/mol. The van der Waals surface area contributed by atoms with Crippen LogP contribution in [0, 0.1) is 20.8 Å². The topological polar surface area (TPSA) is 69.6 Å². The van der Waals surface area contributed by atoms with E-state index in [1.807, 2.05) is 10.6 Å². The Morgan fingerprint density at radius 2 is 1.78 bits per heavy atom. The molecule has 4 rings (SSSR count). The fraction of sp³-hybridized carbons (Fsp3) is 0.176. The summed E-state index contributed by atoms with van der Waals surface area (Å²) in [6.45, 7) is 6.29. The van der Waals surface area contributed by atoms with Gasteiger partial charge in [0.05, 0.1) is 5.69 Å². The molecule has 6 nitrogen and oxygen atoms in total. The van der Waals surface area contributed by atoms with Gasteiger partial charge in [-0.2, -0.15) is 0 Å². The molecule has 0 aliphatic rings. The highest BCUT2D eigenvalue weighted by atomic mass is 16.3. The highest BCUT2D eigenvalue weighted by Gasteiger charge is 2.15. The van der Waals surface area contributed by atoms with Gasteiger partial charge in [0.25, 0.3) is 0 Å². The summed E-state index contributed by atoms with van der Waals surface area (Å²) in [5, 5.41) is 8.36. The van der Waals surface area contributed by atoms with Gasteiger partial charge in [-0.1, -0.05) is 17.7 Å². The molecule has 0 atom stereocenters. The van der Waals surface area contributed by atoms with Gasteiger partial charge in [-0.3, -0.25) is 4.57 Å². The van der Waals surface area contributed by atoms with E-state index in [9.17, 15) is 0 Å². The molecule has 0 saturated carbocycles. The van der Waals surface area contributed by atoms with Gasteiger partial charge in [0.2, 0.25) is 5.71 Å². The number of hydrogen-bond acceptors (Lipinski definition) is 5. The molecule has 0 fully saturated rings. The summed E-state index contributed by atoms with van der Waals surface area (Å²) in [4.78, 5) is 8.43. The minimum Gasteiger partial charge on any atom is -0.425 e. The summed E-state index contributed by atoms with van der Waals surface area (Å²) < 4.78 is 7.18. The Bertz CT molecular complexity index is 992. The number of aromatic nitrogens is 5. The van der Waals surface area contributed by atoms with E-state index in [-0.39, 0.29) is 0 Å². The van der Waals surface area contributed by atoms with Crippen LogP contribution in [-0.2, 0) is 0 Å². The molecule has 0 radical (unpaired) electrons. The molecule has 0 bridgehead atoms. The SMILES string of the molecule is Cc1cc(C)c(-n2cnnc2-c2cnc3ocnc3c2)c(C)c1. The minimum atomic E-state index is 0.516. The standard InChI is InChI=1S/C17H15N5O/c1-10-4-11(2)15(12(3)5-10)22-8-20-21-16(22)13-6-14-17(18-7-13)23-9-19-14/h4-9H,1-3H3. The lowest BCUT2D eigenvalue weighted by molar-refractivity contribution is 0.590. The van der Waals surface area contributed by atoms with Gasteiger partial charge in [0.1, 0.15) is 11.8 Å². The van der Waals surface area contributed by atoms with Crippen molar-refractivity contribution in [1.29, 1.82) is 0 Å². The van der Waals surface area contributed by atoms with Crippen molar-refractivity contribution in [2.45, 2.75) is 20.8 Å². The van der Waals surface area contributed by atoms with Crippen molar-refractivity contribution < 1.29 is 4.42 Å². The van der Waals surface area contributed by atoms with Crippen molar-refractivity contribution in [2.24, 2.45) is 0 Å². The average molecular weight is 305 g/mol. The zero-order valence-electron chi connectivity index (χ0n) is 13.1. The van der Waals surface area contributed by atoms with Gasteiger partial charge in [-0.15, -0.1) is 10.2 Å². The number of nitrogens with zero attached hydrogens (tertiary/aromatic N) is 5. The zero-order valence-corrected chi connectivity index (χ0v) is 13.1. The number of rotatable bonds is 2. The first-order valence-electron chi connectivity index (χ1n) is 7.31. The second-order valence-corrected chi connectivity index (χ2v) is 5.67. The summed E-state index contributed by atoms with van der Waals surface area (Å²) in [5.74, 6) is 0.734. The van der Waals surface area contributed by atoms with Crippen LogP contribution in [0.2, 0.25) is 0 Å². The molecular formula is C17H15N5O. The van der Waals surface area contributed by atoms with Gasteiger partial charge in [0.15, 0.2) is 12.2 Å². The summed E-state index contributed by atoms with van der Waals surface area (Å²) >= 11 is 0. The molecule has 0 N–H and O–H groups in total. The van der Waals surface area contributed by atoms with Crippen LogP contribution in [0.5, 0.6) is 0 Å². The molecule has 0 aliphatic heterocycles. The molecule has 0 spiro atoms. The van der Waals surface area contributed by atoms with Crippen molar-refractivity contribution in [3.8, 4) is 17.1 Å². The average Bonchev–Trinajstić information content (AvgIpc) is 3.13. The number of hydrogen-bond donors (Lipinski definition) is 0. The molecule has 6 heteroatoms. The lowest BCUT2D eigenvalue weighted by atomic mass is 10.0. The van der Waals surface area contributed by atoms with Crippen LogP contribution in [0.25, 0.3) is 28.3 Å². The van der Waals surface area contributed by atoms with E-state index in [2.05, 4.69) is 53.1 Å². The summed E-state index contributed by atoms with van der Waals surface area (Å²) in [6.07, 6.45) is 4.85. The Hall–Kier alpha value is -3.02. The minimum absolute atomic E-state index is 0.516. The maximum Gasteiger partial charge on any atom is 0.246 e. The van der Waals surface area contributed by atoms with Crippen LogP contribution in [0.15, 0.2) is 41.5 Å². The normalized spacial score (nSPS) is 11.3. The highest BCUT2D eigenvalue weighted by Crippen LogP contribution is 2.27. The van der Waals surface area contributed by atoms with Crippen molar-refractivity contribution in [3.63, 3.8) is 0 Å². The Morgan fingerprint density at radius 1 is 1.00 bits per heavy atom. The summed E-state index contributed by atoms with van der Waals surface area (Å²) in [6, 6.07) is 6.22. The van der Waals surface area contributed by atoms with Crippen molar-refractivity contribution in [3.05, 3.63) is 53.8 Å².